The van der Waals surface area contributed by atoms with Crippen molar-refractivity contribution in [1.82, 2.24) is 9.55 Å². The van der Waals surface area contributed by atoms with Gasteiger partial charge in [-0.3, -0.25) is 23.4 Å². The van der Waals surface area contributed by atoms with Gasteiger partial charge in [-0.05, 0) is 12.0 Å². The van der Waals surface area contributed by atoms with Crippen LogP contribution in [0.4, 0.5) is 0 Å². The van der Waals surface area contributed by atoms with Crippen molar-refractivity contribution in [3.8, 4) is 0 Å². The Kier molecular flexibility index (Phi) is 9.57. The molecule has 0 bridgehead atoms. The third-order valence-electron chi connectivity index (χ3n) is 6.20. The largest absolute Gasteiger partial charge is 0.479 e. The van der Waals surface area contributed by atoms with E-state index in [1.165, 1.54) is 6.20 Å². The Hall–Kier alpha value is -1.92. The van der Waals surface area contributed by atoms with Crippen LogP contribution in [0.25, 0.3) is 0 Å². The molecule has 4 unspecified atom stereocenters. The Morgan fingerprint density at radius 2 is 1.74 bits per heavy atom. The van der Waals surface area contributed by atoms with E-state index in [9.17, 15) is 28.5 Å². The molecule has 2 aliphatic rings. The van der Waals surface area contributed by atoms with Gasteiger partial charge >= 0.3 is 21.1 Å². The van der Waals surface area contributed by atoms with Gasteiger partial charge in [0.2, 0.25) is 0 Å². The number of fused-ring (bicyclic) bond motifs is 1. The molecule has 3 N–H and O–H groups in total. The van der Waals surface area contributed by atoms with Crippen molar-refractivity contribution in [2.24, 2.45) is 0 Å². The minimum Gasteiger partial charge on any atom is -0.346 e. The summed E-state index contributed by atoms with van der Waals surface area (Å²) in [4.78, 5) is 46.2. The highest BCUT2D eigenvalue weighted by atomic mass is 31.3. The molecule has 2 aromatic rings. The fourth-order valence-corrected chi connectivity index (χ4v) is 7.18. The van der Waals surface area contributed by atoms with Gasteiger partial charge in [-0.2, -0.15) is 0 Å². The molecule has 0 amide bonds. The second kappa shape index (κ2) is 12.5. The van der Waals surface area contributed by atoms with Crippen LogP contribution in [0.1, 0.15) is 44.4 Å². The molecule has 2 fully saturated rings. The molecule has 1 aromatic heterocycles. The van der Waals surface area contributed by atoms with Crippen molar-refractivity contribution in [3.63, 3.8) is 0 Å². The molecule has 7 atom stereocenters. The average molecular weight is 574 g/mol. The number of aromatic nitrogens is 2. The summed E-state index contributed by atoms with van der Waals surface area (Å²) in [5, 5.41) is 0. The quantitative estimate of drug-likeness (QED) is 0.237. The van der Waals surface area contributed by atoms with Crippen LogP contribution in [0.2, 0.25) is 0 Å². The molecule has 1 aromatic carbocycles. The number of phosphoric ester groups is 1. The predicted molar refractivity (Wildman–Crippen MR) is 135 cm³/mol. The Morgan fingerprint density at radius 3 is 2.45 bits per heavy atom. The first kappa shape index (κ1) is 29.1. The first-order chi connectivity index (χ1) is 18.1. The highest BCUT2D eigenvalue weighted by molar-refractivity contribution is 7.64. The maximum atomic E-state index is 12.5. The molecule has 2 aliphatic heterocycles. The van der Waals surface area contributed by atoms with Crippen molar-refractivity contribution >= 4 is 15.4 Å². The van der Waals surface area contributed by atoms with Gasteiger partial charge in [0.15, 0.2) is 12.5 Å². The van der Waals surface area contributed by atoms with Crippen LogP contribution in [0.3, 0.4) is 0 Å². The van der Waals surface area contributed by atoms with Gasteiger partial charge in [-0.25, -0.2) is 13.7 Å². The van der Waals surface area contributed by atoms with E-state index < -0.39 is 64.1 Å². The Morgan fingerprint density at radius 1 is 1.00 bits per heavy atom. The van der Waals surface area contributed by atoms with Crippen molar-refractivity contribution in [1.29, 1.82) is 0 Å². The smallest absolute Gasteiger partial charge is 0.346 e. The molecular formula is C23H32N2O11P2. The van der Waals surface area contributed by atoms with Crippen LogP contribution in [0, 0.1) is 0 Å². The highest BCUT2D eigenvalue weighted by Gasteiger charge is 2.54. The zero-order valence-corrected chi connectivity index (χ0v) is 22.6. The minimum absolute atomic E-state index is 0.277. The second-order valence-corrected chi connectivity index (χ2v) is 12.7. The summed E-state index contributed by atoms with van der Waals surface area (Å²) in [6.07, 6.45) is -0.190. The summed E-state index contributed by atoms with van der Waals surface area (Å²) in [6.45, 7) is 1.43. The fourth-order valence-electron chi connectivity index (χ4n) is 4.42. The van der Waals surface area contributed by atoms with Gasteiger partial charge in [-0.15, -0.1) is 0 Å². The summed E-state index contributed by atoms with van der Waals surface area (Å²) < 4.78 is 53.5. The van der Waals surface area contributed by atoms with Crippen molar-refractivity contribution in [3.05, 3.63) is 69.0 Å². The van der Waals surface area contributed by atoms with E-state index in [0.29, 0.717) is 19.3 Å². The van der Waals surface area contributed by atoms with E-state index in [0.717, 1.165) is 29.0 Å². The van der Waals surface area contributed by atoms with Crippen molar-refractivity contribution in [2.45, 2.75) is 69.9 Å². The maximum Gasteiger partial charge on any atom is 0.479 e. The summed E-state index contributed by atoms with van der Waals surface area (Å²) >= 11 is 0. The van der Waals surface area contributed by atoms with E-state index in [-0.39, 0.29) is 6.16 Å². The lowest BCUT2D eigenvalue weighted by Gasteiger charge is -2.22. The number of ether oxygens (including phenoxy) is 3. The van der Waals surface area contributed by atoms with E-state index in [1.807, 2.05) is 37.3 Å². The lowest BCUT2D eigenvalue weighted by atomic mass is 10.1. The monoisotopic (exact) mass is 574 g/mol. The van der Waals surface area contributed by atoms with Crippen LogP contribution >= 0.6 is 15.4 Å². The summed E-state index contributed by atoms with van der Waals surface area (Å²) in [5.41, 5.74) is -0.388. The van der Waals surface area contributed by atoms with Gasteiger partial charge < -0.3 is 24.0 Å². The third-order valence-corrected chi connectivity index (χ3v) is 9.40. The van der Waals surface area contributed by atoms with Gasteiger partial charge in [0.1, 0.15) is 18.3 Å². The van der Waals surface area contributed by atoms with Crippen LogP contribution in [0.5, 0.6) is 0 Å². The number of aromatic amines is 1. The van der Waals surface area contributed by atoms with Crippen LogP contribution in [-0.4, -0.2) is 56.7 Å². The number of hydrogen-bond acceptors (Lipinski definition) is 9. The Labute approximate surface area is 218 Å². The van der Waals surface area contributed by atoms with Crippen LogP contribution in [0.15, 0.2) is 52.2 Å². The zero-order chi connectivity index (χ0) is 27.3. The predicted octanol–water partition coefficient (Wildman–Crippen LogP) is 2.69. The highest BCUT2D eigenvalue weighted by Crippen LogP contribution is 2.60. The number of benzene rings is 1. The number of hydrogen-bond donors (Lipinski definition) is 3. The first-order valence-electron chi connectivity index (χ1n) is 12.4. The van der Waals surface area contributed by atoms with E-state index in [4.69, 9.17) is 18.7 Å². The molecule has 0 saturated carbocycles. The van der Waals surface area contributed by atoms with Crippen molar-refractivity contribution in [2.75, 3.05) is 12.8 Å². The normalized spacial score (nSPS) is 28.0. The maximum absolute atomic E-state index is 12.5. The second-order valence-electron chi connectivity index (χ2n) is 9.17. The fraction of sp³-hybridized carbons (Fsp3) is 0.565. The average Bonchev–Trinajstić information content (AvgIpc) is 3.40. The van der Waals surface area contributed by atoms with E-state index in [1.54, 1.807) is 0 Å². The van der Waals surface area contributed by atoms with Gasteiger partial charge in [0.05, 0.1) is 12.8 Å². The van der Waals surface area contributed by atoms with Crippen LogP contribution < -0.4 is 11.2 Å². The summed E-state index contributed by atoms with van der Waals surface area (Å²) in [7, 11) is -9.31. The first-order valence-corrected chi connectivity index (χ1v) is 15.6. The van der Waals surface area contributed by atoms with Gasteiger partial charge in [0.25, 0.3) is 5.56 Å². The molecule has 0 radical (unpaired) electrons. The number of nitrogens with zero attached hydrogens (tertiary/aromatic N) is 1. The Balaban J connectivity index is 1.45. The lowest BCUT2D eigenvalue weighted by molar-refractivity contribution is -0.150. The van der Waals surface area contributed by atoms with E-state index in [2.05, 4.69) is 9.29 Å². The molecule has 0 aliphatic carbocycles. The SMILES string of the molecule is CCCCCCP(=O)(O)OP(=O)(O)OC[C@H]1O[C@@H](n2ccc(=O)[nH]c2=O)C2OC(Cc3ccccc3)O[C@H]21. The number of unbranched alkanes of at least 4 members (excludes halogenated alkanes) is 3. The molecule has 15 heteroatoms. The number of phosphoric acid groups is 1. The minimum atomic E-state index is -4.94. The van der Waals surface area contributed by atoms with Crippen LogP contribution in [-0.2, 0) is 38.6 Å². The molecule has 2 saturated heterocycles. The van der Waals surface area contributed by atoms with Gasteiger partial charge in [0, 0.05) is 18.7 Å². The van der Waals surface area contributed by atoms with Crippen molar-refractivity contribution < 1.29 is 42.0 Å². The third kappa shape index (κ3) is 7.59. The molecule has 3 heterocycles. The molecule has 210 valence electrons. The number of rotatable bonds is 13. The topological polar surface area (TPSA) is 176 Å². The molecular weight excluding hydrogens is 542 g/mol. The summed E-state index contributed by atoms with van der Waals surface area (Å²) in [5.74, 6) is 0. The number of H-pyrrole nitrogens is 1. The Bertz CT molecular complexity index is 1280. The molecule has 38 heavy (non-hydrogen) atoms. The van der Waals surface area contributed by atoms with Gasteiger partial charge in [-0.1, -0.05) is 56.5 Å². The molecule has 0 spiro atoms. The molecule has 4 rings (SSSR count). The van der Waals surface area contributed by atoms with E-state index >= 15 is 0 Å². The number of nitrogens with one attached hydrogen (secondary N) is 1. The lowest BCUT2D eigenvalue weighted by Crippen LogP contribution is -2.36. The molecule has 13 nitrogen and oxygen atoms in total. The zero-order valence-electron chi connectivity index (χ0n) is 20.8. The standard InChI is InChI=1S/C23H32N2O11P2/c1-2-3-4-8-13-37(28,29)36-38(30,31)32-15-17-20-21(22(33-17)25-12-11-18(26)24-23(25)27)35-19(34-20)14-16-9-6-5-7-10-16/h5-7,9-12,17,19-22H,2-4,8,13-15H2,1H3,(H,28,29)(H,30,31)(H,24,26,27)/t17-,19?,20+,21?,22-/m1/s1. The summed E-state index contributed by atoms with van der Waals surface area (Å²) in [6, 6.07) is 10.6.